The van der Waals surface area contributed by atoms with Crippen molar-refractivity contribution in [3.8, 4) is 0 Å². The molecule has 1 amide bonds. The van der Waals surface area contributed by atoms with E-state index < -0.39 is 6.10 Å². The Morgan fingerprint density at radius 2 is 2.06 bits per heavy atom. The molecule has 98 valence electrons. The SMILES string of the molecule is CN1C(=O)Cc2cc(C(O)CC(C)(C)C)ccc21. The van der Waals surface area contributed by atoms with Crippen LogP contribution in [0.15, 0.2) is 18.2 Å². The summed E-state index contributed by atoms with van der Waals surface area (Å²) in [5, 5.41) is 10.2. The summed E-state index contributed by atoms with van der Waals surface area (Å²) in [4.78, 5) is 13.3. The molecule has 1 N–H and O–H groups in total. The minimum absolute atomic E-state index is 0.0883. The van der Waals surface area contributed by atoms with Gasteiger partial charge in [0, 0.05) is 12.7 Å². The maximum Gasteiger partial charge on any atom is 0.231 e. The van der Waals surface area contributed by atoms with Gasteiger partial charge >= 0.3 is 0 Å². The zero-order valence-corrected chi connectivity index (χ0v) is 11.5. The first kappa shape index (κ1) is 13.1. The number of hydrogen-bond donors (Lipinski definition) is 1. The molecular weight excluding hydrogens is 226 g/mol. The summed E-state index contributed by atoms with van der Waals surface area (Å²) in [6.07, 6.45) is 0.702. The Hall–Kier alpha value is -1.35. The van der Waals surface area contributed by atoms with E-state index in [1.807, 2.05) is 18.2 Å². The first-order valence-corrected chi connectivity index (χ1v) is 6.35. The minimum Gasteiger partial charge on any atom is -0.388 e. The smallest absolute Gasteiger partial charge is 0.231 e. The Labute approximate surface area is 108 Å². The van der Waals surface area contributed by atoms with Gasteiger partial charge < -0.3 is 10.0 Å². The fourth-order valence-corrected chi connectivity index (χ4v) is 2.40. The van der Waals surface area contributed by atoms with Crippen molar-refractivity contribution in [3.63, 3.8) is 0 Å². The molecule has 1 aliphatic rings. The number of benzene rings is 1. The van der Waals surface area contributed by atoms with E-state index in [-0.39, 0.29) is 11.3 Å². The highest BCUT2D eigenvalue weighted by Crippen LogP contribution is 2.34. The molecule has 1 aromatic carbocycles. The summed E-state index contributed by atoms with van der Waals surface area (Å²) < 4.78 is 0. The summed E-state index contributed by atoms with van der Waals surface area (Å²) in [6.45, 7) is 6.34. The largest absolute Gasteiger partial charge is 0.388 e. The third kappa shape index (κ3) is 2.56. The number of carbonyl (C=O) groups excluding carboxylic acids is 1. The first-order chi connectivity index (χ1) is 8.28. The fraction of sp³-hybridized carbons (Fsp3) is 0.533. The molecule has 1 heterocycles. The molecule has 1 unspecified atom stereocenters. The number of carbonyl (C=O) groups is 1. The lowest BCUT2D eigenvalue weighted by molar-refractivity contribution is -0.117. The Morgan fingerprint density at radius 1 is 1.39 bits per heavy atom. The number of rotatable bonds is 2. The van der Waals surface area contributed by atoms with Gasteiger partial charge in [-0.15, -0.1) is 0 Å². The number of aliphatic hydroxyl groups is 1. The van der Waals surface area contributed by atoms with Crippen molar-refractivity contribution in [1.82, 2.24) is 0 Å². The van der Waals surface area contributed by atoms with Crippen LogP contribution in [-0.2, 0) is 11.2 Å². The molecule has 1 atom stereocenters. The number of hydrogen-bond acceptors (Lipinski definition) is 2. The molecule has 0 fully saturated rings. The minimum atomic E-state index is -0.462. The maximum atomic E-state index is 11.6. The zero-order valence-electron chi connectivity index (χ0n) is 11.5. The lowest BCUT2D eigenvalue weighted by Crippen LogP contribution is -2.20. The van der Waals surface area contributed by atoms with Crippen LogP contribution in [0.4, 0.5) is 5.69 Å². The molecule has 0 spiro atoms. The van der Waals surface area contributed by atoms with Crippen LogP contribution in [0.25, 0.3) is 0 Å². The van der Waals surface area contributed by atoms with E-state index in [1.165, 1.54) is 0 Å². The van der Waals surface area contributed by atoms with Crippen molar-refractivity contribution < 1.29 is 9.90 Å². The number of nitrogens with zero attached hydrogens (tertiary/aromatic N) is 1. The molecule has 1 aromatic rings. The van der Waals surface area contributed by atoms with Gasteiger partial charge in [0.05, 0.1) is 12.5 Å². The molecular formula is C15H21NO2. The highest BCUT2D eigenvalue weighted by atomic mass is 16.3. The number of likely N-dealkylation sites (N-methyl/N-ethyl adjacent to an activating group) is 1. The topological polar surface area (TPSA) is 40.5 Å². The molecule has 0 saturated carbocycles. The Kier molecular flexibility index (Phi) is 3.20. The quantitative estimate of drug-likeness (QED) is 0.873. The average Bonchev–Trinajstić information content (AvgIpc) is 2.52. The highest BCUT2D eigenvalue weighted by Gasteiger charge is 2.25. The van der Waals surface area contributed by atoms with Crippen LogP contribution in [0.1, 0.15) is 44.4 Å². The molecule has 18 heavy (non-hydrogen) atoms. The van der Waals surface area contributed by atoms with E-state index in [9.17, 15) is 9.90 Å². The summed E-state index contributed by atoms with van der Waals surface area (Å²) in [5.74, 6) is 0.118. The highest BCUT2D eigenvalue weighted by molar-refractivity contribution is 6.00. The van der Waals surface area contributed by atoms with Crippen LogP contribution in [-0.4, -0.2) is 18.1 Å². The number of fused-ring (bicyclic) bond motifs is 1. The van der Waals surface area contributed by atoms with Gasteiger partial charge in [0.15, 0.2) is 0 Å². The van der Waals surface area contributed by atoms with Crippen molar-refractivity contribution in [2.45, 2.75) is 39.7 Å². The normalized spacial score (nSPS) is 16.9. The van der Waals surface area contributed by atoms with Gasteiger partial charge in [0.1, 0.15) is 0 Å². The third-order valence-corrected chi connectivity index (χ3v) is 3.37. The van der Waals surface area contributed by atoms with Crippen molar-refractivity contribution in [2.75, 3.05) is 11.9 Å². The van der Waals surface area contributed by atoms with Gasteiger partial charge in [-0.1, -0.05) is 32.9 Å². The van der Waals surface area contributed by atoms with Gasteiger partial charge in [-0.3, -0.25) is 4.79 Å². The lowest BCUT2D eigenvalue weighted by atomic mass is 9.86. The van der Waals surface area contributed by atoms with Gasteiger partial charge in [-0.2, -0.15) is 0 Å². The van der Waals surface area contributed by atoms with Crippen molar-refractivity contribution >= 4 is 11.6 Å². The second-order valence-corrected chi connectivity index (χ2v) is 6.30. The van der Waals surface area contributed by atoms with Crippen molar-refractivity contribution in [3.05, 3.63) is 29.3 Å². The van der Waals surface area contributed by atoms with Crippen LogP contribution in [0.5, 0.6) is 0 Å². The van der Waals surface area contributed by atoms with Crippen LogP contribution < -0.4 is 4.90 Å². The van der Waals surface area contributed by atoms with E-state index in [0.29, 0.717) is 6.42 Å². The summed E-state index contributed by atoms with van der Waals surface area (Å²) in [5.41, 5.74) is 2.98. The van der Waals surface area contributed by atoms with E-state index in [2.05, 4.69) is 20.8 Å². The second-order valence-electron chi connectivity index (χ2n) is 6.30. The number of anilines is 1. The van der Waals surface area contributed by atoms with Crippen molar-refractivity contribution in [1.29, 1.82) is 0 Å². The molecule has 2 rings (SSSR count). The Bertz CT molecular complexity index is 474. The van der Waals surface area contributed by atoms with Gasteiger partial charge in [0.25, 0.3) is 0 Å². The van der Waals surface area contributed by atoms with Gasteiger partial charge in [-0.25, -0.2) is 0 Å². The molecule has 0 aromatic heterocycles. The molecule has 0 radical (unpaired) electrons. The van der Waals surface area contributed by atoms with Crippen LogP contribution in [0.2, 0.25) is 0 Å². The van der Waals surface area contributed by atoms with Gasteiger partial charge in [-0.05, 0) is 29.0 Å². The zero-order chi connectivity index (χ0) is 13.5. The predicted molar refractivity (Wildman–Crippen MR) is 72.6 cm³/mol. The first-order valence-electron chi connectivity index (χ1n) is 6.35. The fourth-order valence-electron chi connectivity index (χ4n) is 2.40. The summed E-state index contributed by atoms with van der Waals surface area (Å²) >= 11 is 0. The summed E-state index contributed by atoms with van der Waals surface area (Å²) in [7, 11) is 1.79. The average molecular weight is 247 g/mol. The van der Waals surface area contributed by atoms with E-state index in [4.69, 9.17) is 0 Å². The predicted octanol–water partition coefficient (Wildman–Crippen LogP) is 2.68. The van der Waals surface area contributed by atoms with E-state index >= 15 is 0 Å². The summed E-state index contributed by atoms with van der Waals surface area (Å²) in [6, 6.07) is 5.82. The molecule has 0 bridgehead atoms. The molecule has 0 saturated heterocycles. The second kappa shape index (κ2) is 4.39. The van der Waals surface area contributed by atoms with E-state index in [1.54, 1.807) is 11.9 Å². The number of aliphatic hydroxyl groups excluding tert-OH is 1. The van der Waals surface area contributed by atoms with Crippen LogP contribution >= 0.6 is 0 Å². The molecule has 3 nitrogen and oxygen atoms in total. The van der Waals surface area contributed by atoms with Gasteiger partial charge in [0.2, 0.25) is 5.91 Å². The third-order valence-electron chi connectivity index (χ3n) is 3.37. The van der Waals surface area contributed by atoms with E-state index in [0.717, 1.165) is 23.2 Å². The molecule has 3 heteroatoms. The Morgan fingerprint density at radius 3 is 2.67 bits per heavy atom. The molecule has 0 aliphatic carbocycles. The van der Waals surface area contributed by atoms with Crippen LogP contribution in [0.3, 0.4) is 0 Å². The maximum absolute atomic E-state index is 11.6. The number of amides is 1. The standard InChI is InChI=1S/C15H21NO2/c1-15(2,3)9-13(17)10-5-6-12-11(7-10)8-14(18)16(12)4/h5-7,13,17H,8-9H2,1-4H3. The monoisotopic (exact) mass is 247 g/mol. The Balaban J connectivity index is 2.23. The van der Waals surface area contributed by atoms with Crippen LogP contribution in [0, 0.1) is 5.41 Å². The lowest BCUT2D eigenvalue weighted by Gasteiger charge is -2.23. The molecule has 1 aliphatic heterocycles. The van der Waals surface area contributed by atoms with Crippen molar-refractivity contribution in [2.24, 2.45) is 5.41 Å².